The Morgan fingerprint density at radius 1 is 1.04 bits per heavy atom. The van der Waals surface area contributed by atoms with Crippen molar-refractivity contribution in [3.63, 3.8) is 0 Å². The van der Waals surface area contributed by atoms with Gasteiger partial charge in [0.2, 0.25) is 10.0 Å². The summed E-state index contributed by atoms with van der Waals surface area (Å²) in [4.78, 5) is 25.8. The number of piperazine rings is 1. The van der Waals surface area contributed by atoms with E-state index in [-0.39, 0.29) is 42.8 Å². The van der Waals surface area contributed by atoms with Crippen LogP contribution in [0.1, 0.15) is 27.6 Å². The van der Waals surface area contributed by atoms with Crippen molar-refractivity contribution in [2.45, 2.75) is 11.8 Å². The minimum Gasteiger partial charge on any atom is -0.336 e. The molecule has 0 spiro atoms. The Balaban J connectivity index is 1.73. The molecular formula is C19H18BrFN2O4S. The Bertz CT molecular complexity index is 1030. The number of Topliss-reactive ketones (excluding diaryl/α,β-unsaturated/α-hetero) is 1. The molecule has 2 aromatic rings. The first-order valence-electron chi connectivity index (χ1n) is 8.55. The number of halogens is 2. The lowest BCUT2D eigenvalue weighted by atomic mass is 10.2. The molecule has 1 aliphatic heterocycles. The highest BCUT2D eigenvalue weighted by Crippen LogP contribution is 2.23. The number of benzene rings is 2. The molecule has 1 heterocycles. The summed E-state index contributed by atoms with van der Waals surface area (Å²) in [5.74, 6) is -0.952. The van der Waals surface area contributed by atoms with Crippen molar-refractivity contribution >= 4 is 37.6 Å². The predicted molar refractivity (Wildman–Crippen MR) is 105 cm³/mol. The molecule has 0 bridgehead atoms. The van der Waals surface area contributed by atoms with Gasteiger partial charge in [-0.1, -0.05) is 12.1 Å². The molecule has 28 heavy (non-hydrogen) atoms. The fourth-order valence-electron chi connectivity index (χ4n) is 2.99. The minimum absolute atomic E-state index is 0.0567. The molecule has 1 fully saturated rings. The van der Waals surface area contributed by atoms with Crippen molar-refractivity contribution in [1.29, 1.82) is 0 Å². The standard InChI is InChI=1S/C19H18BrFN2O4S/c1-13(24)14-3-2-4-16(11-14)28(26,27)23-9-7-22(8-10-23)19(25)17-6-5-15(21)12-18(17)20/h2-6,11-12H,7-10H2,1H3. The third-order valence-electron chi connectivity index (χ3n) is 4.57. The largest absolute Gasteiger partial charge is 0.336 e. The molecule has 0 radical (unpaired) electrons. The first-order chi connectivity index (χ1) is 13.2. The normalized spacial score (nSPS) is 15.5. The summed E-state index contributed by atoms with van der Waals surface area (Å²) in [6.45, 7) is 2.08. The van der Waals surface area contributed by atoms with Gasteiger partial charge in [-0.15, -0.1) is 0 Å². The summed E-state index contributed by atoms with van der Waals surface area (Å²) in [6, 6.07) is 9.75. The zero-order valence-electron chi connectivity index (χ0n) is 15.1. The van der Waals surface area contributed by atoms with Crippen molar-refractivity contribution in [2.75, 3.05) is 26.2 Å². The molecule has 1 saturated heterocycles. The van der Waals surface area contributed by atoms with Crippen molar-refractivity contribution in [2.24, 2.45) is 0 Å². The van der Waals surface area contributed by atoms with E-state index in [1.165, 1.54) is 52.5 Å². The molecule has 0 unspecified atom stereocenters. The number of hydrogen-bond donors (Lipinski definition) is 0. The number of carbonyl (C=O) groups excluding carboxylic acids is 2. The fourth-order valence-corrected chi connectivity index (χ4v) is 4.98. The second-order valence-corrected chi connectivity index (χ2v) is 9.20. The number of amides is 1. The number of hydrogen-bond acceptors (Lipinski definition) is 4. The van der Waals surface area contributed by atoms with E-state index >= 15 is 0 Å². The Morgan fingerprint density at radius 2 is 1.71 bits per heavy atom. The van der Waals surface area contributed by atoms with Gasteiger partial charge in [-0.3, -0.25) is 9.59 Å². The SMILES string of the molecule is CC(=O)c1cccc(S(=O)(=O)N2CCN(C(=O)c3ccc(F)cc3Br)CC2)c1. The smallest absolute Gasteiger partial charge is 0.255 e. The van der Waals surface area contributed by atoms with Gasteiger partial charge >= 0.3 is 0 Å². The predicted octanol–water partition coefficient (Wildman–Crippen LogP) is 2.94. The Labute approximate surface area is 171 Å². The maximum atomic E-state index is 13.2. The van der Waals surface area contributed by atoms with Crippen LogP contribution in [0.4, 0.5) is 4.39 Å². The Hall–Kier alpha value is -2.10. The van der Waals surface area contributed by atoms with E-state index in [1.807, 2.05) is 0 Å². The molecular weight excluding hydrogens is 451 g/mol. The zero-order valence-corrected chi connectivity index (χ0v) is 17.5. The summed E-state index contributed by atoms with van der Waals surface area (Å²) in [5, 5.41) is 0. The zero-order chi connectivity index (χ0) is 20.5. The third kappa shape index (κ3) is 4.16. The second kappa shape index (κ2) is 8.10. The van der Waals surface area contributed by atoms with Gasteiger partial charge in [0.25, 0.3) is 5.91 Å². The lowest BCUT2D eigenvalue weighted by Gasteiger charge is -2.34. The van der Waals surface area contributed by atoms with Gasteiger partial charge in [0.1, 0.15) is 5.82 Å². The molecule has 0 saturated carbocycles. The van der Waals surface area contributed by atoms with Crippen LogP contribution in [0, 0.1) is 5.82 Å². The molecule has 1 aliphatic rings. The summed E-state index contributed by atoms with van der Waals surface area (Å²) in [5.41, 5.74) is 0.655. The Kier molecular flexibility index (Phi) is 5.97. The van der Waals surface area contributed by atoms with Crippen LogP contribution in [-0.4, -0.2) is 55.5 Å². The molecule has 0 N–H and O–H groups in total. The van der Waals surface area contributed by atoms with E-state index in [9.17, 15) is 22.4 Å². The van der Waals surface area contributed by atoms with Crippen LogP contribution in [0.2, 0.25) is 0 Å². The molecule has 9 heteroatoms. The third-order valence-corrected chi connectivity index (χ3v) is 7.12. The van der Waals surface area contributed by atoms with Crippen LogP contribution in [0.15, 0.2) is 51.8 Å². The van der Waals surface area contributed by atoms with Gasteiger partial charge in [-0.25, -0.2) is 12.8 Å². The first kappa shape index (κ1) is 20.6. The van der Waals surface area contributed by atoms with E-state index in [0.29, 0.717) is 15.6 Å². The van der Waals surface area contributed by atoms with E-state index in [2.05, 4.69) is 15.9 Å². The molecule has 2 aromatic carbocycles. The molecule has 6 nitrogen and oxygen atoms in total. The van der Waals surface area contributed by atoms with E-state index < -0.39 is 15.8 Å². The minimum atomic E-state index is -3.76. The van der Waals surface area contributed by atoms with Crippen molar-refractivity contribution in [1.82, 2.24) is 9.21 Å². The lowest BCUT2D eigenvalue weighted by molar-refractivity contribution is 0.0696. The highest BCUT2D eigenvalue weighted by atomic mass is 79.9. The van der Waals surface area contributed by atoms with Gasteiger partial charge < -0.3 is 4.90 Å². The second-order valence-electron chi connectivity index (χ2n) is 6.40. The average Bonchev–Trinajstić information content (AvgIpc) is 2.67. The van der Waals surface area contributed by atoms with Crippen molar-refractivity contribution in [3.8, 4) is 0 Å². The Morgan fingerprint density at radius 3 is 2.32 bits per heavy atom. The molecule has 0 aromatic heterocycles. The summed E-state index contributed by atoms with van der Waals surface area (Å²) in [6.07, 6.45) is 0. The monoisotopic (exact) mass is 468 g/mol. The van der Waals surface area contributed by atoms with Crippen LogP contribution >= 0.6 is 15.9 Å². The summed E-state index contributed by atoms with van der Waals surface area (Å²) >= 11 is 3.19. The number of carbonyl (C=O) groups is 2. The van der Waals surface area contributed by atoms with Gasteiger partial charge in [0, 0.05) is 36.2 Å². The molecule has 1 amide bonds. The summed E-state index contributed by atoms with van der Waals surface area (Å²) < 4.78 is 40.6. The quantitative estimate of drug-likeness (QED) is 0.646. The maximum Gasteiger partial charge on any atom is 0.255 e. The topological polar surface area (TPSA) is 74.8 Å². The number of ketones is 1. The molecule has 0 aliphatic carbocycles. The van der Waals surface area contributed by atoms with Crippen molar-refractivity contribution < 1.29 is 22.4 Å². The number of nitrogens with zero attached hydrogens (tertiary/aromatic N) is 2. The summed E-state index contributed by atoms with van der Waals surface area (Å²) in [7, 11) is -3.76. The lowest BCUT2D eigenvalue weighted by Crippen LogP contribution is -2.50. The van der Waals surface area contributed by atoms with Gasteiger partial charge in [0.05, 0.1) is 10.5 Å². The van der Waals surface area contributed by atoms with Crippen LogP contribution < -0.4 is 0 Å². The fraction of sp³-hybridized carbons (Fsp3) is 0.263. The van der Waals surface area contributed by atoms with E-state index in [4.69, 9.17) is 0 Å². The van der Waals surface area contributed by atoms with Gasteiger partial charge in [0.15, 0.2) is 5.78 Å². The van der Waals surface area contributed by atoms with Crippen LogP contribution in [0.3, 0.4) is 0 Å². The van der Waals surface area contributed by atoms with Crippen molar-refractivity contribution in [3.05, 3.63) is 63.9 Å². The van der Waals surface area contributed by atoms with Crippen LogP contribution in [0.5, 0.6) is 0 Å². The van der Waals surface area contributed by atoms with E-state index in [1.54, 1.807) is 6.07 Å². The molecule has 3 rings (SSSR count). The van der Waals surface area contributed by atoms with Crippen LogP contribution in [-0.2, 0) is 10.0 Å². The van der Waals surface area contributed by atoms with Crippen LogP contribution in [0.25, 0.3) is 0 Å². The number of sulfonamides is 1. The average molecular weight is 469 g/mol. The van der Waals surface area contributed by atoms with Gasteiger partial charge in [-0.2, -0.15) is 4.31 Å². The first-order valence-corrected chi connectivity index (χ1v) is 10.8. The highest BCUT2D eigenvalue weighted by Gasteiger charge is 2.31. The number of rotatable bonds is 4. The van der Waals surface area contributed by atoms with E-state index in [0.717, 1.165) is 0 Å². The highest BCUT2D eigenvalue weighted by molar-refractivity contribution is 9.10. The van der Waals surface area contributed by atoms with Gasteiger partial charge in [-0.05, 0) is 53.2 Å². The maximum absolute atomic E-state index is 13.2. The molecule has 0 atom stereocenters. The molecule has 148 valence electrons.